The van der Waals surface area contributed by atoms with Gasteiger partial charge in [-0.25, -0.2) is 0 Å². The minimum atomic E-state index is 0.170. The molecule has 5 heteroatoms. The van der Waals surface area contributed by atoms with Crippen LogP contribution in [0.1, 0.15) is 53.1 Å². The molecule has 0 bridgehead atoms. The number of hydrogen-bond donors (Lipinski definition) is 1. The van der Waals surface area contributed by atoms with E-state index in [9.17, 15) is 0 Å². The summed E-state index contributed by atoms with van der Waals surface area (Å²) in [7, 11) is 0. The molecule has 2 atom stereocenters. The molecule has 0 radical (unpaired) electrons. The summed E-state index contributed by atoms with van der Waals surface area (Å²) in [6, 6.07) is 10.7. The van der Waals surface area contributed by atoms with E-state index in [1.807, 2.05) is 11.8 Å². The molecule has 1 saturated heterocycles. The number of aromatic nitrogens is 2. The smallest absolute Gasteiger partial charge is 0.139 e. The first-order chi connectivity index (χ1) is 10.4. The first kappa shape index (κ1) is 15.0. The van der Waals surface area contributed by atoms with Crippen LogP contribution in [0.5, 0.6) is 0 Å². The van der Waals surface area contributed by atoms with E-state index in [0.29, 0.717) is 5.25 Å². The zero-order chi connectivity index (χ0) is 14.5. The van der Waals surface area contributed by atoms with Gasteiger partial charge < -0.3 is 5.32 Å². The van der Waals surface area contributed by atoms with Crippen molar-refractivity contribution in [3.63, 3.8) is 0 Å². The van der Waals surface area contributed by atoms with Gasteiger partial charge in [-0.05, 0) is 37.1 Å². The summed E-state index contributed by atoms with van der Waals surface area (Å²) < 4.78 is 0. The van der Waals surface area contributed by atoms with E-state index in [1.165, 1.54) is 29.2 Å². The predicted molar refractivity (Wildman–Crippen MR) is 90.9 cm³/mol. The van der Waals surface area contributed by atoms with Gasteiger partial charge in [0.05, 0.1) is 11.3 Å². The second kappa shape index (κ2) is 7.38. The van der Waals surface area contributed by atoms with Gasteiger partial charge in [-0.2, -0.15) is 11.8 Å². The van der Waals surface area contributed by atoms with Crippen LogP contribution in [0.2, 0.25) is 0 Å². The summed E-state index contributed by atoms with van der Waals surface area (Å²) in [5.41, 5.74) is 1.27. The Morgan fingerprint density at radius 2 is 2.14 bits per heavy atom. The summed E-state index contributed by atoms with van der Waals surface area (Å²) in [5, 5.41) is 15.4. The number of benzene rings is 1. The highest BCUT2D eigenvalue weighted by Crippen LogP contribution is 2.41. The first-order valence-corrected chi connectivity index (χ1v) is 9.48. The quantitative estimate of drug-likeness (QED) is 0.866. The van der Waals surface area contributed by atoms with Crippen LogP contribution >= 0.6 is 23.1 Å². The highest BCUT2D eigenvalue weighted by Gasteiger charge is 2.24. The second-order valence-corrected chi connectivity index (χ2v) is 7.63. The van der Waals surface area contributed by atoms with Gasteiger partial charge in [0.2, 0.25) is 0 Å². The zero-order valence-electron chi connectivity index (χ0n) is 12.3. The highest BCUT2D eigenvalue weighted by molar-refractivity contribution is 7.99. The van der Waals surface area contributed by atoms with E-state index < -0.39 is 0 Å². The van der Waals surface area contributed by atoms with Crippen molar-refractivity contribution in [2.75, 3.05) is 12.3 Å². The fourth-order valence-electron chi connectivity index (χ4n) is 2.55. The Bertz CT molecular complexity index is 550. The third-order valence-electron chi connectivity index (χ3n) is 3.64. The van der Waals surface area contributed by atoms with Gasteiger partial charge in [0.1, 0.15) is 10.0 Å². The molecule has 2 aromatic rings. The van der Waals surface area contributed by atoms with Gasteiger partial charge in [-0.1, -0.05) is 48.6 Å². The maximum absolute atomic E-state index is 4.48. The van der Waals surface area contributed by atoms with Crippen LogP contribution in [0.15, 0.2) is 30.3 Å². The molecule has 2 unspecified atom stereocenters. The number of nitrogens with zero attached hydrogens (tertiary/aromatic N) is 2. The molecule has 0 spiro atoms. The molecule has 3 rings (SSSR count). The Balaban J connectivity index is 1.82. The average molecular weight is 319 g/mol. The zero-order valence-corrected chi connectivity index (χ0v) is 13.9. The Morgan fingerprint density at radius 3 is 2.86 bits per heavy atom. The summed E-state index contributed by atoms with van der Waals surface area (Å²) in [4.78, 5) is 0. The summed E-state index contributed by atoms with van der Waals surface area (Å²) in [6.07, 6.45) is 3.67. The topological polar surface area (TPSA) is 37.8 Å². The number of hydrogen-bond acceptors (Lipinski definition) is 5. The van der Waals surface area contributed by atoms with Crippen molar-refractivity contribution in [3.05, 3.63) is 45.9 Å². The third-order valence-corrected chi connectivity index (χ3v) is 6.28. The van der Waals surface area contributed by atoms with Gasteiger partial charge >= 0.3 is 0 Å². The predicted octanol–water partition coefficient (Wildman–Crippen LogP) is 4.20. The first-order valence-electron chi connectivity index (χ1n) is 7.61. The molecule has 1 aliphatic heterocycles. The number of rotatable bonds is 6. The van der Waals surface area contributed by atoms with Crippen molar-refractivity contribution in [1.29, 1.82) is 0 Å². The molecule has 1 aromatic heterocycles. The fourth-order valence-corrected chi connectivity index (χ4v) is 5.00. The molecule has 0 saturated carbocycles. The van der Waals surface area contributed by atoms with Crippen LogP contribution in [0.4, 0.5) is 0 Å². The standard InChI is InChI=1S/C16H21N3S2/c1-2-10-17-14(12-7-4-3-5-8-12)16-19-18-15(21-16)13-9-6-11-20-13/h3-5,7-8,13-14,17H,2,6,9-11H2,1H3. The average Bonchev–Trinajstić information content (AvgIpc) is 3.20. The van der Waals surface area contributed by atoms with Crippen molar-refractivity contribution < 1.29 is 0 Å². The van der Waals surface area contributed by atoms with E-state index in [-0.39, 0.29) is 6.04 Å². The van der Waals surface area contributed by atoms with Crippen molar-refractivity contribution >= 4 is 23.1 Å². The maximum atomic E-state index is 4.48. The largest absolute Gasteiger partial charge is 0.304 e. The molecular weight excluding hydrogens is 298 g/mol. The van der Waals surface area contributed by atoms with Gasteiger partial charge in [0, 0.05) is 0 Å². The Morgan fingerprint density at radius 1 is 1.29 bits per heavy atom. The maximum Gasteiger partial charge on any atom is 0.139 e. The molecule has 1 aliphatic rings. The van der Waals surface area contributed by atoms with Gasteiger partial charge in [0.25, 0.3) is 0 Å². The van der Waals surface area contributed by atoms with E-state index in [2.05, 4.69) is 52.8 Å². The molecule has 112 valence electrons. The van der Waals surface area contributed by atoms with Crippen LogP contribution in [-0.2, 0) is 0 Å². The molecule has 1 N–H and O–H groups in total. The van der Waals surface area contributed by atoms with Crippen LogP contribution < -0.4 is 5.32 Å². The second-order valence-electron chi connectivity index (χ2n) is 5.28. The van der Waals surface area contributed by atoms with Gasteiger partial charge in [0.15, 0.2) is 0 Å². The molecule has 3 nitrogen and oxygen atoms in total. The molecule has 0 amide bonds. The number of nitrogens with one attached hydrogen (secondary N) is 1. The Kier molecular flexibility index (Phi) is 5.27. The molecule has 1 aromatic carbocycles. The Hall–Kier alpha value is -0.910. The van der Waals surface area contributed by atoms with Crippen LogP contribution in [-0.4, -0.2) is 22.5 Å². The molecule has 21 heavy (non-hydrogen) atoms. The third kappa shape index (κ3) is 3.65. The van der Waals surface area contributed by atoms with E-state index >= 15 is 0 Å². The minimum Gasteiger partial charge on any atom is -0.304 e. The van der Waals surface area contributed by atoms with Crippen molar-refractivity contribution in [2.24, 2.45) is 0 Å². The van der Waals surface area contributed by atoms with Crippen molar-refractivity contribution in [2.45, 2.75) is 37.5 Å². The van der Waals surface area contributed by atoms with Gasteiger partial charge in [-0.15, -0.1) is 10.2 Å². The normalized spacial score (nSPS) is 19.8. The summed E-state index contributed by atoms with van der Waals surface area (Å²) >= 11 is 3.80. The molecular formula is C16H21N3S2. The lowest BCUT2D eigenvalue weighted by atomic mass is 10.1. The highest BCUT2D eigenvalue weighted by atomic mass is 32.2. The van der Waals surface area contributed by atoms with E-state index in [4.69, 9.17) is 0 Å². The van der Waals surface area contributed by atoms with E-state index in [1.54, 1.807) is 11.3 Å². The fraction of sp³-hybridized carbons (Fsp3) is 0.500. The summed E-state index contributed by atoms with van der Waals surface area (Å²) in [6.45, 7) is 3.18. The number of thioether (sulfide) groups is 1. The van der Waals surface area contributed by atoms with Gasteiger partial charge in [-0.3, -0.25) is 0 Å². The lowest BCUT2D eigenvalue weighted by Gasteiger charge is -2.15. The van der Waals surface area contributed by atoms with E-state index in [0.717, 1.165) is 18.0 Å². The lowest BCUT2D eigenvalue weighted by molar-refractivity contribution is 0.591. The van der Waals surface area contributed by atoms with Crippen molar-refractivity contribution in [1.82, 2.24) is 15.5 Å². The molecule has 2 heterocycles. The van der Waals surface area contributed by atoms with Crippen LogP contribution in [0, 0.1) is 0 Å². The van der Waals surface area contributed by atoms with Crippen molar-refractivity contribution in [3.8, 4) is 0 Å². The lowest BCUT2D eigenvalue weighted by Crippen LogP contribution is -2.23. The monoisotopic (exact) mass is 319 g/mol. The molecule has 1 fully saturated rings. The van der Waals surface area contributed by atoms with Crippen LogP contribution in [0.25, 0.3) is 0 Å². The van der Waals surface area contributed by atoms with Crippen LogP contribution in [0.3, 0.4) is 0 Å². The summed E-state index contributed by atoms with van der Waals surface area (Å²) in [5.74, 6) is 1.26. The minimum absolute atomic E-state index is 0.170. The molecule has 0 aliphatic carbocycles. The Labute approximate surface area is 134 Å². The SMILES string of the molecule is CCCNC(c1ccccc1)c1nnc(C2CCCS2)s1.